The standard InChI is InChI=1S/C19H16F3N5OS/c1-3-23-16(28)10-4-7-14-13(8-10)24-17(27(14)2)26-18-25-12-6-5-11(19(20,21)22)9-15(12)29-18/h4-9H,3H2,1-2H3,(H,23,28)(H,24,25,26). The predicted octanol–water partition coefficient (Wildman–Crippen LogP) is 4.70. The third-order valence-corrected chi connectivity index (χ3v) is 5.35. The molecule has 1 amide bonds. The molecule has 2 heterocycles. The number of aryl methyl sites for hydroxylation is 1. The monoisotopic (exact) mass is 419 g/mol. The number of carbonyl (C=O) groups excluding carboxylic acids is 1. The number of alkyl halides is 3. The molecule has 4 rings (SSSR count). The Morgan fingerprint density at radius 2 is 1.93 bits per heavy atom. The van der Waals surface area contributed by atoms with Crippen LogP contribution in [0.4, 0.5) is 24.3 Å². The molecule has 2 aromatic heterocycles. The molecule has 0 bridgehead atoms. The minimum atomic E-state index is -4.40. The molecule has 29 heavy (non-hydrogen) atoms. The van der Waals surface area contributed by atoms with Crippen LogP contribution < -0.4 is 10.6 Å². The minimum Gasteiger partial charge on any atom is -0.352 e. The maximum Gasteiger partial charge on any atom is 0.416 e. The topological polar surface area (TPSA) is 71.8 Å². The number of halogens is 3. The van der Waals surface area contributed by atoms with Gasteiger partial charge in [0.05, 0.1) is 26.8 Å². The number of thiazole rings is 1. The second-order valence-corrected chi connectivity index (χ2v) is 7.41. The molecular formula is C19H16F3N5OS. The number of aromatic nitrogens is 3. The van der Waals surface area contributed by atoms with Gasteiger partial charge in [0.15, 0.2) is 5.13 Å². The van der Waals surface area contributed by atoms with Crippen LogP contribution in [0, 0.1) is 0 Å². The van der Waals surface area contributed by atoms with E-state index in [1.165, 1.54) is 6.07 Å². The van der Waals surface area contributed by atoms with E-state index >= 15 is 0 Å². The molecule has 0 unspecified atom stereocenters. The third kappa shape index (κ3) is 3.63. The molecule has 0 radical (unpaired) electrons. The SMILES string of the molecule is CCNC(=O)c1ccc2c(c1)nc(Nc1nc3ccc(C(F)(F)F)cc3s1)n2C. The molecule has 0 spiro atoms. The van der Waals surface area contributed by atoms with Crippen LogP contribution in [-0.2, 0) is 13.2 Å². The van der Waals surface area contributed by atoms with Crippen molar-refractivity contribution in [3.8, 4) is 0 Å². The summed E-state index contributed by atoms with van der Waals surface area (Å²) in [6, 6.07) is 8.67. The Morgan fingerprint density at radius 3 is 2.66 bits per heavy atom. The summed E-state index contributed by atoms with van der Waals surface area (Å²) in [6.45, 7) is 2.37. The average molecular weight is 419 g/mol. The summed E-state index contributed by atoms with van der Waals surface area (Å²) >= 11 is 1.12. The van der Waals surface area contributed by atoms with Gasteiger partial charge in [0.2, 0.25) is 5.95 Å². The molecule has 0 saturated heterocycles. The van der Waals surface area contributed by atoms with Gasteiger partial charge >= 0.3 is 6.18 Å². The van der Waals surface area contributed by atoms with E-state index in [0.29, 0.717) is 38.9 Å². The van der Waals surface area contributed by atoms with Gasteiger partial charge < -0.3 is 15.2 Å². The van der Waals surface area contributed by atoms with Crippen molar-refractivity contribution in [3.05, 3.63) is 47.5 Å². The second-order valence-electron chi connectivity index (χ2n) is 6.38. The maximum atomic E-state index is 12.9. The maximum absolute atomic E-state index is 12.9. The number of benzene rings is 2. The van der Waals surface area contributed by atoms with E-state index in [1.54, 1.807) is 29.8 Å². The molecule has 0 aliphatic carbocycles. The molecule has 10 heteroatoms. The highest BCUT2D eigenvalue weighted by atomic mass is 32.1. The number of nitrogens with one attached hydrogen (secondary N) is 2. The van der Waals surface area contributed by atoms with Crippen molar-refractivity contribution in [1.29, 1.82) is 0 Å². The van der Waals surface area contributed by atoms with Gasteiger partial charge in [-0.1, -0.05) is 11.3 Å². The normalized spacial score (nSPS) is 11.9. The highest BCUT2D eigenvalue weighted by molar-refractivity contribution is 7.22. The molecule has 0 fully saturated rings. The van der Waals surface area contributed by atoms with E-state index in [-0.39, 0.29) is 5.91 Å². The Labute approximate surface area is 167 Å². The fraction of sp³-hybridized carbons (Fsp3) is 0.211. The molecule has 0 aliphatic heterocycles. The summed E-state index contributed by atoms with van der Waals surface area (Å²) in [5, 5.41) is 6.23. The van der Waals surface area contributed by atoms with E-state index < -0.39 is 11.7 Å². The Kier molecular flexibility index (Phi) is 4.65. The fourth-order valence-corrected chi connectivity index (χ4v) is 3.86. The predicted molar refractivity (Wildman–Crippen MR) is 107 cm³/mol. The quantitative estimate of drug-likeness (QED) is 0.503. The summed E-state index contributed by atoms with van der Waals surface area (Å²) in [6.07, 6.45) is -4.40. The van der Waals surface area contributed by atoms with Gasteiger partial charge in [-0.25, -0.2) is 9.97 Å². The van der Waals surface area contributed by atoms with E-state index in [2.05, 4.69) is 20.6 Å². The zero-order valence-corrected chi connectivity index (χ0v) is 16.3. The highest BCUT2D eigenvalue weighted by Crippen LogP contribution is 2.35. The number of rotatable bonds is 4. The summed E-state index contributed by atoms with van der Waals surface area (Å²) in [7, 11) is 1.80. The molecule has 0 saturated carbocycles. The summed E-state index contributed by atoms with van der Waals surface area (Å²) in [5.74, 6) is 0.296. The van der Waals surface area contributed by atoms with Crippen LogP contribution >= 0.6 is 11.3 Å². The first-order chi connectivity index (χ1) is 13.8. The fourth-order valence-electron chi connectivity index (χ4n) is 2.97. The number of hydrogen-bond donors (Lipinski definition) is 2. The number of fused-ring (bicyclic) bond motifs is 2. The van der Waals surface area contributed by atoms with Crippen LogP contribution in [0.2, 0.25) is 0 Å². The van der Waals surface area contributed by atoms with Gasteiger partial charge in [-0.05, 0) is 43.3 Å². The van der Waals surface area contributed by atoms with Crippen molar-refractivity contribution >= 4 is 49.6 Å². The molecule has 150 valence electrons. The molecule has 0 atom stereocenters. The molecule has 2 N–H and O–H groups in total. The van der Waals surface area contributed by atoms with Gasteiger partial charge in [-0.3, -0.25) is 4.79 Å². The number of amides is 1. The molecule has 2 aromatic carbocycles. The number of anilines is 2. The molecular weight excluding hydrogens is 403 g/mol. The van der Waals surface area contributed by atoms with Gasteiger partial charge in [0, 0.05) is 19.2 Å². The van der Waals surface area contributed by atoms with Gasteiger partial charge in [0.25, 0.3) is 5.91 Å². The largest absolute Gasteiger partial charge is 0.416 e. The van der Waals surface area contributed by atoms with E-state index in [9.17, 15) is 18.0 Å². The molecule has 4 aromatic rings. The number of carbonyl (C=O) groups is 1. The lowest BCUT2D eigenvalue weighted by molar-refractivity contribution is -0.137. The van der Waals surface area contributed by atoms with Crippen molar-refractivity contribution < 1.29 is 18.0 Å². The first-order valence-electron chi connectivity index (χ1n) is 8.75. The first-order valence-corrected chi connectivity index (χ1v) is 9.57. The summed E-state index contributed by atoms with van der Waals surface area (Å²) in [5.41, 5.74) is 1.70. The number of imidazole rings is 1. The van der Waals surface area contributed by atoms with Crippen molar-refractivity contribution in [1.82, 2.24) is 19.9 Å². The Hall–Kier alpha value is -3.14. The van der Waals surface area contributed by atoms with Gasteiger partial charge in [-0.15, -0.1) is 0 Å². The van der Waals surface area contributed by atoms with Crippen molar-refractivity contribution in [3.63, 3.8) is 0 Å². The Balaban J connectivity index is 1.66. The average Bonchev–Trinajstić information content (AvgIpc) is 3.21. The molecule has 0 aliphatic rings. The second kappa shape index (κ2) is 7.03. The van der Waals surface area contributed by atoms with Crippen molar-refractivity contribution in [2.45, 2.75) is 13.1 Å². The summed E-state index contributed by atoms with van der Waals surface area (Å²) < 4.78 is 40.9. The molecule has 6 nitrogen and oxygen atoms in total. The lowest BCUT2D eigenvalue weighted by Crippen LogP contribution is -2.22. The van der Waals surface area contributed by atoms with E-state index in [1.807, 2.05) is 6.92 Å². The van der Waals surface area contributed by atoms with Gasteiger partial charge in [0.1, 0.15) is 0 Å². The Bertz CT molecular complexity index is 1230. The zero-order chi connectivity index (χ0) is 20.8. The highest BCUT2D eigenvalue weighted by Gasteiger charge is 2.30. The van der Waals surface area contributed by atoms with Crippen LogP contribution in [0.1, 0.15) is 22.8 Å². The number of nitrogens with zero attached hydrogens (tertiary/aromatic N) is 3. The van der Waals surface area contributed by atoms with Crippen LogP contribution in [0.15, 0.2) is 36.4 Å². The Morgan fingerprint density at radius 1 is 1.14 bits per heavy atom. The van der Waals surface area contributed by atoms with E-state index in [0.717, 1.165) is 29.0 Å². The lowest BCUT2D eigenvalue weighted by atomic mass is 10.2. The minimum absolute atomic E-state index is 0.179. The zero-order valence-electron chi connectivity index (χ0n) is 15.5. The van der Waals surface area contributed by atoms with Crippen LogP contribution in [0.5, 0.6) is 0 Å². The third-order valence-electron chi connectivity index (χ3n) is 4.41. The van der Waals surface area contributed by atoms with Crippen molar-refractivity contribution in [2.75, 3.05) is 11.9 Å². The lowest BCUT2D eigenvalue weighted by Gasteiger charge is -2.04. The van der Waals surface area contributed by atoms with E-state index in [4.69, 9.17) is 0 Å². The first kappa shape index (κ1) is 19.2. The smallest absolute Gasteiger partial charge is 0.352 e. The van der Waals surface area contributed by atoms with Crippen LogP contribution in [0.3, 0.4) is 0 Å². The van der Waals surface area contributed by atoms with Crippen LogP contribution in [0.25, 0.3) is 21.3 Å². The van der Waals surface area contributed by atoms with Crippen LogP contribution in [-0.4, -0.2) is 27.0 Å². The number of hydrogen-bond acceptors (Lipinski definition) is 5. The summed E-state index contributed by atoms with van der Waals surface area (Å²) in [4.78, 5) is 20.9. The van der Waals surface area contributed by atoms with Crippen molar-refractivity contribution in [2.24, 2.45) is 7.05 Å². The van der Waals surface area contributed by atoms with Gasteiger partial charge in [-0.2, -0.15) is 13.2 Å².